The molecular formula is C27H31N7O5. The van der Waals surface area contributed by atoms with E-state index in [1.807, 2.05) is 0 Å². The number of nitro groups is 1. The van der Waals surface area contributed by atoms with E-state index in [-0.39, 0.29) is 17.5 Å². The van der Waals surface area contributed by atoms with Crippen LogP contribution in [0.4, 0.5) is 22.9 Å². The third-order valence-corrected chi connectivity index (χ3v) is 7.44. The molecule has 12 nitrogen and oxygen atoms in total. The molecule has 0 radical (unpaired) electrons. The highest BCUT2D eigenvalue weighted by Crippen LogP contribution is 2.35. The summed E-state index contributed by atoms with van der Waals surface area (Å²) in [5, 5.41) is 15.1. The second-order valence-corrected chi connectivity index (χ2v) is 9.94. The molecule has 0 amide bonds. The first-order valence-electron chi connectivity index (χ1n) is 13.0. The van der Waals surface area contributed by atoms with Crippen molar-refractivity contribution in [1.29, 1.82) is 0 Å². The van der Waals surface area contributed by atoms with Crippen molar-refractivity contribution in [3.05, 3.63) is 68.9 Å². The molecule has 39 heavy (non-hydrogen) atoms. The molecule has 2 aliphatic rings. The van der Waals surface area contributed by atoms with Gasteiger partial charge in [0.25, 0.3) is 11.2 Å². The standard InChI is InChI=1S/C27H31N7O5/c1-18-15-32(21-6-11-39-12-7-21)9-10-33(18)24-4-3-20(13-25(24)34(37)38)29-26-27(36)31(2)16-23(30-26)22-5-8-28-14-19(22)17-35/h3-5,8,13-14,16-18,21H,6-7,9-12,15H2,1-2H3,(H,29,30)/t18-/m0/s1. The Hall–Kier alpha value is -4.16. The van der Waals surface area contributed by atoms with Gasteiger partial charge in [-0.3, -0.25) is 29.6 Å². The van der Waals surface area contributed by atoms with Gasteiger partial charge in [0.2, 0.25) is 0 Å². The van der Waals surface area contributed by atoms with Crippen molar-refractivity contribution in [3.8, 4) is 11.3 Å². The Balaban J connectivity index is 1.40. The first-order chi connectivity index (χ1) is 18.9. The van der Waals surface area contributed by atoms with Gasteiger partial charge in [-0.25, -0.2) is 4.98 Å². The summed E-state index contributed by atoms with van der Waals surface area (Å²) >= 11 is 0. The molecule has 0 unspecified atom stereocenters. The summed E-state index contributed by atoms with van der Waals surface area (Å²) in [6, 6.07) is 7.11. The van der Waals surface area contributed by atoms with Crippen molar-refractivity contribution in [2.75, 3.05) is 43.1 Å². The predicted octanol–water partition coefficient (Wildman–Crippen LogP) is 3.00. The topological polar surface area (TPSA) is 136 Å². The van der Waals surface area contributed by atoms with Crippen molar-refractivity contribution in [2.24, 2.45) is 7.05 Å². The average molecular weight is 534 g/mol. The lowest BCUT2D eigenvalue weighted by atomic mass is 10.0. The summed E-state index contributed by atoms with van der Waals surface area (Å²) in [6.45, 7) is 5.99. The van der Waals surface area contributed by atoms with Crippen molar-refractivity contribution in [3.63, 3.8) is 0 Å². The molecule has 5 rings (SSSR count). The molecule has 2 aliphatic heterocycles. The molecule has 0 bridgehead atoms. The summed E-state index contributed by atoms with van der Waals surface area (Å²) in [4.78, 5) is 49.0. The largest absolute Gasteiger partial charge is 0.381 e. The summed E-state index contributed by atoms with van der Waals surface area (Å²) in [5.74, 6) is -0.0100. The summed E-state index contributed by atoms with van der Waals surface area (Å²) in [7, 11) is 1.58. The number of carbonyl (C=O) groups is 1. The van der Waals surface area contributed by atoms with Gasteiger partial charge >= 0.3 is 0 Å². The van der Waals surface area contributed by atoms with Crippen molar-refractivity contribution in [2.45, 2.75) is 31.8 Å². The lowest BCUT2D eigenvalue weighted by Crippen LogP contribution is -2.56. The number of nitro benzene ring substituents is 1. The number of aldehydes is 1. The minimum atomic E-state index is -0.412. The maximum absolute atomic E-state index is 12.8. The van der Waals surface area contributed by atoms with Crippen LogP contribution < -0.4 is 15.8 Å². The Morgan fingerprint density at radius 2 is 2.00 bits per heavy atom. The quantitative estimate of drug-likeness (QED) is 0.274. The van der Waals surface area contributed by atoms with E-state index in [1.165, 1.54) is 29.2 Å². The molecule has 0 spiro atoms. The molecule has 4 heterocycles. The Labute approximate surface area is 225 Å². The number of nitrogens with zero attached hydrogens (tertiary/aromatic N) is 6. The zero-order valence-corrected chi connectivity index (χ0v) is 21.9. The van der Waals surface area contributed by atoms with E-state index in [1.54, 1.807) is 25.2 Å². The minimum Gasteiger partial charge on any atom is -0.381 e. The first-order valence-corrected chi connectivity index (χ1v) is 13.0. The first kappa shape index (κ1) is 26.4. The zero-order chi connectivity index (χ0) is 27.5. The zero-order valence-electron chi connectivity index (χ0n) is 21.9. The molecule has 2 aromatic heterocycles. The number of nitrogens with one attached hydrogen (secondary N) is 1. The van der Waals surface area contributed by atoms with E-state index in [4.69, 9.17) is 4.74 Å². The maximum Gasteiger partial charge on any atom is 0.294 e. The number of benzene rings is 1. The van der Waals surface area contributed by atoms with Gasteiger partial charge in [0.05, 0.1) is 10.6 Å². The lowest BCUT2D eigenvalue weighted by molar-refractivity contribution is -0.384. The van der Waals surface area contributed by atoms with Crippen molar-refractivity contribution >= 4 is 29.2 Å². The lowest BCUT2D eigenvalue weighted by Gasteiger charge is -2.45. The van der Waals surface area contributed by atoms with Gasteiger partial charge in [-0.05, 0) is 38.0 Å². The number of hydrogen-bond acceptors (Lipinski definition) is 10. The second kappa shape index (κ2) is 11.3. The Morgan fingerprint density at radius 3 is 2.72 bits per heavy atom. The Kier molecular flexibility index (Phi) is 7.66. The summed E-state index contributed by atoms with van der Waals surface area (Å²) < 4.78 is 6.85. The molecule has 3 aromatic rings. The molecule has 0 aliphatic carbocycles. The van der Waals surface area contributed by atoms with E-state index in [0.29, 0.717) is 47.1 Å². The number of ether oxygens (including phenoxy) is 1. The van der Waals surface area contributed by atoms with Gasteiger partial charge in [0.15, 0.2) is 12.1 Å². The molecule has 12 heteroatoms. The molecule has 1 N–H and O–H groups in total. The fourth-order valence-electron chi connectivity index (χ4n) is 5.40. The molecular weight excluding hydrogens is 502 g/mol. The van der Waals surface area contributed by atoms with Crippen LogP contribution in [-0.4, -0.2) is 75.6 Å². The number of aromatic nitrogens is 3. The number of carbonyl (C=O) groups excluding carboxylic acids is 1. The van der Waals surface area contributed by atoms with Crippen LogP contribution in [0.5, 0.6) is 0 Å². The molecule has 2 saturated heterocycles. The number of pyridine rings is 1. The van der Waals surface area contributed by atoms with Gasteiger partial charge in [-0.1, -0.05) is 0 Å². The Bertz CT molecular complexity index is 1440. The number of aryl methyl sites for hydroxylation is 1. The fourth-order valence-corrected chi connectivity index (χ4v) is 5.40. The highest BCUT2D eigenvalue weighted by atomic mass is 16.6. The van der Waals surface area contributed by atoms with Crippen LogP contribution in [0.1, 0.15) is 30.1 Å². The third-order valence-electron chi connectivity index (χ3n) is 7.44. The average Bonchev–Trinajstić information content (AvgIpc) is 2.95. The number of rotatable bonds is 7. The van der Waals surface area contributed by atoms with Crippen LogP contribution in [-0.2, 0) is 11.8 Å². The number of anilines is 3. The second-order valence-electron chi connectivity index (χ2n) is 9.94. The summed E-state index contributed by atoms with van der Waals surface area (Å²) in [6.07, 6.45) is 7.19. The van der Waals surface area contributed by atoms with Crippen molar-refractivity contribution < 1.29 is 14.5 Å². The maximum atomic E-state index is 12.8. The van der Waals surface area contributed by atoms with Crippen molar-refractivity contribution in [1.82, 2.24) is 19.4 Å². The van der Waals surface area contributed by atoms with E-state index in [9.17, 15) is 19.7 Å². The minimum absolute atomic E-state index is 0.0100. The molecule has 2 fully saturated rings. The normalized spacial score (nSPS) is 18.6. The number of piperazine rings is 1. The van der Waals surface area contributed by atoms with Gasteiger partial charge in [-0.15, -0.1) is 0 Å². The van der Waals surface area contributed by atoms with E-state index in [0.717, 1.165) is 39.1 Å². The number of hydrogen-bond donors (Lipinski definition) is 1. The van der Waals surface area contributed by atoms with Gasteiger partial charge in [0.1, 0.15) is 5.69 Å². The Morgan fingerprint density at radius 1 is 1.21 bits per heavy atom. The summed E-state index contributed by atoms with van der Waals surface area (Å²) in [5.41, 5.74) is 1.71. The van der Waals surface area contributed by atoms with Crippen LogP contribution in [0.25, 0.3) is 11.3 Å². The molecule has 0 saturated carbocycles. The highest BCUT2D eigenvalue weighted by molar-refractivity contribution is 5.86. The third kappa shape index (κ3) is 5.52. The van der Waals surface area contributed by atoms with Crippen LogP contribution in [0.3, 0.4) is 0 Å². The van der Waals surface area contributed by atoms with Gasteiger partial charge in [0, 0.05) is 93.5 Å². The fraction of sp³-hybridized carbons (Fsp3) is 0.407. The highest BCUT2D eigenvalue weighted by Gasteiger charge is 2.32. The van der Waals surface area contributed by atoms with Gasteiger partial charge in [-0.2, -0.15) is 0 Å². The van der Waals surface area contributed by atoms with E-state index in [2.05, 4.69) is 32.0 Å². The molecule has 1 aromatic carbocycles. The van der Waals surface area contributed by atoms with E-state index < -0.39 is 10.5 Å². The smallest absolute Gasteiger partial charge is 0.294 e. The molecule has 1 atom stereocenters. The van der Waals surface area contributed by atoms with Crippen LogP contribution >= 0.6 is 0 Å². The van der Waals surface area contributed by atoms with Gasteiger partial charge < -0.3 is 19.5 Å². The molecule has 204 valence electrons. The monoisotopic (exact) mass is 533 g/mol. The SMILES string of the molecule is C[C@H]1CN(C2CCOCC2)CCN1c1ccc(Nc2nc(-c3ccncc3C=O)cn(C)c2=O)cc1[N+](=O)[O-]. The van der Waals surface area contributed by atoms with Crippen LogP contribution in [0.15, 0.2) is 47.7 Å². The predicted molar refractivity (Wildman–Crippen MR) is 147 cm³/mol. The van der Waals surface area contributed by atoms with Crippen LogP contribution in [0, 0.1) is 10.1 Å². The van der Waals surface area contributed by atoms with E-state index >= 15 is 0 Å². The van der Waals surface area contributed by atoms with Crippen LogP contribution in [0.2, 0.25) is 0 Å².